The molecule has 1 aliphatic rings. The third-order valence-corrected chi connectivity index (χ3v) is 2.81. The van der Waals surface area contributed by atoms with Gasteiger partial charge in [-0.25, -0.2) is 0 Å². The van der Waals surface area contributed by atoms with Gasteiger partial charge in [0, 0.05) is 24.7 Å². The number of carbonyl (C=O) groups excluding carboxylic acids is 1. The molecule has 2 rings (SSSR count). The van der Waals surface area contributed by atoms with Crippen LogP contribution >= 0.6 is 0 Å². The lowest BCUT2D eigenvalue weighted by atomic mass is 10.1. The summed E-state index contributed by atoms with van der Waals surface area (Å²) in [4.78, 5) is 11.5. The molecule has 1 amide bonds. The van der Waals surface area contributed by atoms with Gasteiger partial charge >= 0.3 is 0 Å². The Balaban J connectivity index is 2.14. The summed E-state index contributed by atoms with van der Waals surface area (Å²) in [5.74, 6) is 1.21. The van der Waals surface area contributed by atoms with Gasteiger partial charge in [-0.1, -0.05) is 0 Å². The van der Waals surface area contributed by atoms with Gasteiger partial charge in [0.1, 0.15) is 17.2 Å². The molecule has 0 saturated carbocycles. The molecule has 0 unspecified atom stereocenters. The van der Waals surface area contributed by atoms with E-state index in [4.69, 9.17) is 9.47 Å². The number of piperidine rings is 1. The summed E-state index contributed by atoms with van der Waals surface area (Å²) in [6.45, 7) is 0.713. The number of rotatable bonds is 4. The highest BCUT2D eigenvalue weighted by atomic mass is 16.5. The van der Waals surface area contributed by atoms with Crippen LogP contribution in [0.5, 0.6) is 11.5 Å². The number of anilines is 1. The lowest BCUT2D eigenvalue weighted by Gasteiger charge is -2.14. The Kier molecular flexibility index (Phi) is 4.22. The smallest absolute Gasteiger partial charge is 0.267 e. The summed E-state index contributed by atoms with van der Waals surface area (Å²) in [6.07, 6.45) is 1.59. The highest BCUT2D eigenvalue weighted by Crippen LogP contribution is 2.25. The molecular weight excluding hydrogens is 246 g/mol. The Hall–Kier alpha value is -2.24. The standard InChI is InChI=1S/C13H17N3O3/c1-18-10-6-9(7-11(8-10)19-2)15-16-12-4-3-5-14-13(12)17/h6-8,15H,3-5H2,1-2H3,(H,14,17). The SMILES string of the molecule is COc1cc(NN=C2CCCNC2=O)cc(OC)c1. The van der Waals surface area contributed by atoms with E-state index in [1.54, 1.807) is 32.4 Å². The van der Waals surface area contributed by atoms with Crippen molar-refractivity contribution in [3.05, 3.63) is 18.2 Å². The van der Waals surface area contributed by atoms with E-state index in [2.05, 4.69) is 15.8 Å². The lowest BCUT2D eigenvalue weighted by Crippen LogP contribution is -2.37. The fourth-order valence-corrected chi connectivity index (χ4v) is 1.78. The fraction of sp³-hybridized carbons (Fsp3) is 0.385. The number of amides is 1. The van der Waals surface area contributed by atoms with E-state index in [-0.39, 0.29) is 5.91 Å². The van der Waals surface area contributed by atoms with Gasteiger partial charge < -0.3 is 14.8 Å². The van der Waals surface area contributed by atoms with Crippen LogP contribution in [0.4, 0.5) is 5.69 Å². The Morgan fingerprint density at radius 1 is 1.21 bits per heavy atom. The van der Waals surface area contributed by atoms with Crippen LogP contribution in [0.2, 0.25) is 0 Å². The minimum atomic E-state index is -0.117. The quantitative estimate of drug-likeness (QED) is 0.805. The third kappa shape index (κ3) is 3.37. The van der Waals surface area contributed by atoms with Gasteiger partial charge in [0.25, 0.3) is 5.91 Å². The molecule has 0 spiro atoms. The average Bonchev–Trinajstić information content (AvgIpc) is 2.46. The minimum absolute atomic E-state index is 0.117. The molecule has 1 aromatic carbocycles. The molecule has 0 radical (unpaired) electrons. The van der Waals surface area contributed by atoms with E-state index >= 15 is 0 Å². The van der Waals surface area contributed by atoms with Crippen molar-refractivity contribution in [1.29, 1.82) is 0 Å². The van der Waals surface area contributed by atoms with Gasteiger partial charge in [-0.3, -0.25) is 10.2 Å². The third-order valence-electron chi connectivity index (χ3n) is 2.81. The molecular formula is C13H17N3O3. The number of ether oxygens (including phenoxy) is 2. The van der Waals surface area contributed by atoms with Crippen molar-refractivity contribution in [2.45, 2.75) is 12.8 Å². The lowest BCUT2D eigenvalue weighted by molar-refractivity contribution is -0.115. The molecule has 1 heterocycles. The molecule has 0 aliphatic carbocycles. The predicted molar refractivity (Wildman–Crippen MR) is 72.8 cm³/mol. The molecule has 1 aromatic rings. The Morgan fingerprint density at radius 2 is 1.89 bits per heavy atom. The molecule has 102 valence electrons. The molecule has 0 aromatic heterocycles. The van der Waals surface area contributed by atoms with Crippen LogP contribution in [0, 0.1) is 0 Å². The van der Waals surface area contributed by atoms with Gasteiger partial charge in [-0.2, -0.15) is 5.10 Å². The van der Waals surface area contributed by atoms with Gasteiger partial charge in [0.05, 0.1) is 19.9 Å². The highest BCUT2D eigenvalue weighted by Gasteiger charge is 2.15. The molecule has 0 atom stereocenters. The van der Waals surface area contributed by atoms with Crippen LogP contribution in [-0.2, 0) is 4.79 Å². The molecule has 1 saturated heterocycles. The normalized spacial score (nSPS) is 16.9. The van der Waals surface area contributed by atoms with Crippen molar-refractivity contribution < 1.29 is 14.3 Å². The fourth-order valence-electron chi connectivity index (χ4n) is 1.78. The Bertz CT molecular complexity index is 478. The Labute approximate surface area is 111 Å². The summed E-state index contributed by atoms with van der Waals surface area (Å²) < 4.78 is 10.3. The zero-order valence-electron chi connectivity index (χ0n) is 11.0. The first-order valence-corrected chi connectivity index (χ1v) is 6.07. The summed E-state index contributed by atoms with van der Waals surface area (Å²) >= 11 is 0. The van der Waals surface area contributed by atoms with Crippen molar-refractivity contribution in [2.24, 2.45) is 5.10 Å². The van der Waals surface area contributed by atoms with Gasteiger partial charge in [0.15, 0.2) is 0 Å². The second-order valence-corrected chi connectivity index (χ2v) is 4.13. The maximum absolute atomic E-state index is 11.5. The van der Waals surface area contributed by atoms with Crippen molar-refractivity contribution in [3.63, 3.8) is 0 Å². The van der Waals surface area contributed by atoms with E-state index in [1.807, 2.05) is 0 Å². The number of carbonyl (C=O) groups is 1. The first kappa shape index (κ1) is 13.2. The predicted octanol–water partition coefficient (Wildman–Crippen LogP) is 1.38. The van der Waals surface area contributed by atoms with Crippen molar-refractivity contribution >= 4 is 17.3 Å². The number of hydrogen-bond donors (Lipinski definition) is 2. The summed E-state index contributed by atoms with van der Waals surface area (Å²) in [7, 11) is 3.16. The highest BCUT2D eigenvalue weighted by molar-refractivity contribution is 6.39. The first-order valence-electron chi connectivity index (χ1n) is 6.07. The van der Waals surface area contributed by atoms with E-state index in [1.165, 1.54) is 0 Å². The maximum Gasteiger partial charge on any atom is 0.267 e. The molecule has 2 N–H and O–H groups in total. The average molecular weight is 263 g/mol. The number of benzene rings is 1. The van der Waals surface area contributed by atoms with Gasteiger partial charge in [-0.15, -0.1) is 0 Å². The number of nitrogens with one attached hydrogen (secondary N) is 2. The van der Waals surface area contributed by atoms with Crippen LogP contribution in [0.25, 0.3) is 0 Å². The zero-order chi connectivity index (χ0) is 13.7. The molecule has 1 fully saturated rings. The maximum atomic E-state index is 11.5. The molecule has 6 heteroatoms. The van der Waals surface area contributed by atoms with Crippen molar-refractivity contribution in [1.82, 2.24) is 5.32 Å². The summed E-state index contributed by atoms with van der Waals surface area (Å²) in [6, 6.07) is 5.34. The Morgan fingerprint density at radius 3 is 2.47 bits per heavy atom. The molecule has 6 nitrogen and oxygen atoms in total. The zero-order valence-corrected chi connectivity index (χ0v) is 11.0. The molecule has 19 heavy (non-hydrogen) atoms. The largest absolute Gasteiger partial charge is 0.497 e. The minimum Gasteiger partial charge on any atom is -0.497 e. The van der Waals surface area contributed by atoms with Crippen molar-refractivity contribution in [3.8, 4) is 11.5 Å². The van der Waals surface area contributed by atoms with E-state index in [0.717, 1.165) is 6.42 Å². The van der Waals surface area contributed by atoms with Gasteiger partial charge in [0.2, 0.25) is 0 Å². The second kappa shape index (κ2) is 6.08. The van der Waals surface area contributed by atoms with E-state index in [9.17, 15) is 4.79 Å². The van der Waals surface area contributed by atoms with Crippen LogP contribution in [0.3, 0.4) is 0 Å². The molecule has 1 aliphatic heterocycles. The van der Waals surface area contributed by atoms with Gasteiger partial charge in [-0.05, 0) is 12.8 Å². The number of hydrazone groups is 1. The topological polar surface area (TPSA) is 72.0 Å². The van der Waals surface area contributed by atoms with E-state index < -0.39 is 0 Å². The van der Waals surface area contributed by atoms with Crippen molar-refractivity contribution in [2.75, 3.05) is 26.2 Å². The first-order chi connectivity index (χ1) is 9.22. The van der Waals surface area contributed by atoms with E-state index in [0.29, 0.717) is 35.9 Å². The van der Waals surface area contributed by atoms with Crippen LogP contribution in [0.1, 0.15) is 12.8 Å². The van der Waals surface area contributed by atoms with Crippen LogP contribution in [0.15, 0.2) is 23.3 Å². The number of methoxy groups -OCH3 is 2. The number of nitrogens with zero attached hydrogens (tertiary/aromatic N) is 1. The summed E-state index contributed by atoms with van der Waals surface area (Å²) in [5.41, 5.74) is 4.08. The monoisotopic (exact) mass is 263 g/mol. The second-order valence-electron chi connectivity index (χ2n) is 4.13. The molecule has 0 bridgehead atoms. The number of hydrogen-bond acceptors (Lipinski definition) is 5. The summed E-state index contributed by atoms with van der Waals surface area (Å²) in [5, 5.41) is 6.88. The van der Waals surface area contributed by atoms with Crippen LogP contribution < -0.4 is 20.2 Å². The van der Waals surface area contributed by atoms with Crippen LogP contribution in [-0.4, -0.2) is 32.4 Å².